The summed E-state index contributed by atoms with van der Waals surface area (Å²) < 4.78 is 26.9. The predicted octanol–water partition coefficient (Wildman–Crippen LogP) is 4.08. The molecule has 0 fully saturated rings. The van der Waals surface area contributed by atoms with Gasteiger partial charge >= 0.3 is 0 Å². The van der Waals surface area contributed by atoms with Gasteiger partial charge in [0.2, 0.25) is 0 Å². The molecule has 3 rings (SSSR count). The monoisotopic (exact) mass is 363 g/mol. The molecule has 0 aliphatic carbocycles. The van der Waals surface area contributed by atoms with Crippen LogP contribution in [0.1, 0.15) is 11.1 Å². The third-order valence-corrected chi connectivity index (χ3v) is 5.82. The number of aromatic nitrogens is 1. The predicted molar refractivity (Wildman–Crippen MR) is 88.3 cm³/mol. The highest BCUT2D eigenvalue weighted by molar-refractivity contribution is 9.08. The van der Waals surface area contributed by atoms with Gasteiger partial charge in [0.05, 0.1) is 10.4 Å². The van der Waals surface area contributed by atoms with Crippen LogP contribution in [0.15, 0.2) is 59.6 Å². The summed E-state index contributed by atoms with van der Waals surface area (Å²) in [5.41, 5.74) is 2.81. The van der Waals surface area contributed by atoms with Crippen molar-refractivity contribution in [3.05, 3.63) is 65.9 Å². The van der Waals surface area contributed by atoms with E-state index in [-0.39, 0.29) is 0 Å². The van der Waals surface area contributed by atoms with Gasteiger partial charge < -0.3 is 0 Å². The normalized spacial score (nSPS) is 11.9. The van der Waals surface area contributed by atoms with E-state index in [0.717, 1.165) is 16.5 Å². The molecule has 0 amide bonds. The number of aryl methyl sites for hydroxylation is 1. The van der Waals surface area contributed by atoms with Crippen LogP contribution in [0.3, 0.4) is 0 Å². The Labute approximate surface area is 132 Å². The average Bonchev–Trinajstić information content (AvgIpc) is 2.92. The summed E-state index contributed by atoms with van der Waals surface area (Å²) in [6, 6.07) is 14.4. The van der Waals surface area contributed by atoms with Gasteiger partial charge in [-0.3, -0.25) is 0 Å². The first kappa shape index (κ1) is 14.4. The molecule has 0 radical (unpaired) electrons. The van der Waals surface area contributed by atoms with Gasteiger partial charge in [0, 0.05) is 16.9 Å². The summed E-state index contributed by atoms with van der Waals surface area (Å²) >= 11 is 3.43. The minimum atomic E-state index is -3.56. The van der Waals surface area contributed by atoms with Crippen LogP contribution in [0.4, 0.5) is 0 Å². The summed E-state index contributed by atoms with van der Waals surface area (Å²) in [6.07, 6.45) is 1.62. The van der Waals surface area contributed by atoms with Crippen molar-refractivity contribution in [2.45, 2.75) is 17.1 Å². The topological polar surface area (TPSA) is 39.1 Å². The Morgan fingerprint density at radius 3 is 2.43 bits per heavy atom. The average molecular weight is 364 g/mol. The van der Waals surface area contributed by atoms with Gasteiger partial charge in [-0.2, -0.15) is 0 Å². The lowest BCUT2D eigenvalue weighted by molar-refractivity contribution is 0.589. The summed E-state index contributed by atoms with van der Waals surface area (Å²) in [5, 5.41) is 1.64. The van der Waals surface area contributed by atoms with Crippen molar-refractivity contribution < 1.29 is 8.42 Å². The molecule has 108 valence electrons. The van der Waals surface area contributed by atoms with E-state index in [1.807, 2.05) is 43.3 Å². The summed E-state index contributed by atoms with van der Waals surface area (Å²) in [7, 11) is -3.56. The van der Waals surface area contributed by atoms with Crippen molar-refractivity contribution in [2.75, 3.05) is 0 Å². The van der Waals surface area contributed by atoms with E-state index in [9.17, 15) is 8.42 Å². The smallest absolute Gasteiger partial charge is 0.241 e. The van der Waals surface area contributed by atoms with Crippen molar-refractivity contribution in [3.8, 4) is 0 Å². The van der Waals surface area contributed by atoms with Gasteiger partial charge in [-0.15, -0.1) is 0 Å². The molecule has 1 heterocycles. The Balaban J connectivity index is 2.22. The van der Waals surface area contributed by atoms with Crippen molar-refractivity contribution in [3.63, 3.8) is 0 Å². The number of fused-ring (bicyclic) bond motifs is 1. The van der Waals surface area contributed by atoms with Crippen LogP contribution >= 0.6 is 15.9 Å². The molecule has 3 nitrogen and oxygen atoms in total. The zero-order chi connectivity index (χ0) is 15.0. The number of alkyl halides is 1. The van der Waals surface area contributed by atoms with Crippen molar-refractivity contribution >= 4 is 36.9 Å². The second kappa shape index (κ2) is 5.31. The molecule has 5 heteroatoms. The lowest BCUT2D eigenvalue weighted by Gasteiger charge is -2.08. The maximum absolute atomic E-state index is 12.8. The largest absolute Gasteiger partial charge is 0.268 e. The van der Waals surface area contributed by atoms with Gasteiger partial charge in [-0.05, 0) is 36.8 Å². The molecule has 0 bridgehead atoms. The third kappa shape index (κ3) is 2.40. The van der Waals surface area contributed by atoms with Crippen LogP contribution in [0.2, 0.25) is 0 Å². The van der Waals surface area contributed by atoms with E-state index < -0.39 is 10.0 Å². The second-order valence-corrected chi connectivity index (χ2v) is 7.29. The summed E-state index contributed by atoms with van der Waals surface area (Å²) in [6.45, 7) is 1.93. The maximum atomic E-state index is 12.8. The molecule has 0 saturated heterocycles. The molecule has 1 aromatic heterocycles. The molecule has 0 saturated carbocycles. The summed E-state index contributed by atoms with van der Waals surface area (Å²) in [4.78, 5) is 0.301. The highest BCUT2D eigenvalue weighted by atomic mass is 79.9. The SMILES string of the molecule is Cc1ccc(S(=O)(=O)n2ccc3c(CBr)cccc32)cc1. The van der Waals surface area contributed by atoms with E-state index in [1.54, 1.807) is 18.3 Å². The minimum absolute atomic E-state index is 0.301. The molecule has 2 aromatic carbocycles. The highest BCUT2D eigenvalue weighted by Crippen LogP contribution is 2.26. The van der Waals surface area contributed by atoms with Crippen LogP contribution in [-0.2, 0) is 15.4 Å². The molecular weight excluding hydrogens is 350 g/mol. The molecule has 0 spiro atoms. The first-order chi connectivity index (χ1) is 10.0. The quantitative estimate of drug-likeness (QED) is 0.657. The fraction of sp³-hybridized carbons (Fsp3) is 0.125. The molecule has 0 aliphatic heterocycles. The fourth-order valence-electron chi connectivity index (χ4n) is 2.36. The van der Waals surface area contributed by atoms with Crippen LogP contribution in [-0.4, -0.2) is 12.4 Å². The Kier molecular flexibility index (Phi) is 3.63. The van der Waals surface area contributed by atoms with Crippen molar-refractivity contribution in [1.82, 2.24) is 3.97 Å². The molecule has 0 atom stereocenters. The van der Waals surface area contributed by atoms with Gasteiger partial charge in [0.25, 0.3) is 10.0 Å². The number of nitrogens with zero attached hydrogens (tertiary/aromatic N) is 1. The van der Waals surface area contributed by atoms with E-state index in [2.05, 4.69) is 15.9 Å². The summed E-state index contributed by atoms with van der Waals surface area (Å²) in [5.74, 6) is 0. The number of benzene rings is 2. The van der Waals surface area contributed by atoms with Gasteiger partial charge in [0.1, 0.15) is 0 Å². The Morgan fingerprint density at radius 2 is 1.76 bits per heavy atom. The third-order valence-electron chi connectivity index (χ3n) is 3.51. The van der Waals surface area contributed by atoms with E-state index in [1.165, 1.54) is 3.97 Å². The lowest BCUT2D eigenvalue weighted by atomic mass is 10.1. The number of hydrogen-bond donors (Lipinski definition) is 0. The number of rotatable bonds is 3. The Morgan fingerprint density at radius 1 is 1.05 bits per heavy atom. The van der Waals surface area contributed by atoms with E-state index in [0.29, 0.717) is 15.7 Å². The van der Waals surface area contributed by atoms with Crippen LogP contribution < -0.4 is 0 Å². The molecule has 0 N–H and O–H groups in total. The lowest BCUT2D eigenvalue weighted by Crippen LogP contribution is -2.11. The Hall–Kier alpha value is -1.59. The van der Waals surface area contributed by atoms with Crippen LogP contribution in [0.25, 0.3) is 10.9 Å². The van der Waals surface area contributed by atoms with Gasteiger partial charge in [-0.1, -0.05) is 45.8 Å². The van der Waals surface area contributed by atoms with Gasteiger partial charge in [-0.25, -0.2) is 12.4 Å². The van der Waals surface area contributed by atoms with Crippen molar-refractivity contribution in [1.29, 1.82) is 0 Å². The molecule has 0 aliphatic rings. The first-order valence-electron chi connectivity index (χ1n) is 6.51. The number of hydrogen-bond acceptors (Lipinski definition) is 2. The highest BCUT2D eigenvalue weighted by Gasteiger charge is 2.19. The molecule has 3 aromatic rings. The van der Waals surface area contributed by atoms with E-state index in [4.69, 9.17) is 0 Å². The van der Waals surface area contributed by atoms with Crippen LogP contribution in [0.5, 0.6) is 0 Å². The van der Waals surface area contributed by atoms with Gasteiger partial charge in [0.15, 0.2) is 0 Å². The fourth-order valence-corrected chi connectivity index (χ4v) is 4.19. The number of halogens is 1. The van der Waals surface area contributed by atoms with Crippen LogP contribution in [0, 0.1) is 6.92 Å². The maximum Gasteiger partial charge on any atom is 0.268 e. The molecular formula is C16H14BrNO2S. The molecule has 0 unspecified atom stereocenters. The standard InChI is InChI=1S/C16H14BrNO2S/c1-12-5-7-14(8-6-12)21(19,20)18-10-9-15-13(11-17)3-2-4-16(15)18/h2-10H,11H2,1H3. The molecule has 21 heavy (non-hydrogen) atoms. The second-order valence-electron chi connectivity index (χ2n) is 4.91. The van der Waals surface area contributed by atoms with E-state index >= 15 is 0 Å². The van der Waals surface area contributed by atoms with Crippen molar-refractivity contribution in [2.24, 2.45) is 0 Å². The zero-order valence-electron chi connectivity index (χ0n) is 11.5. The minimum Gasteiger partial charge on any atom is -0.241 e. The Bertz CT molecular complexity index is 896. The first-order valence-corrected chi connectivity index (χ1v) is 9.07. The zero-order valence-corrected chi connectivity index (χ0v) is 13.9.